The highest BCUT2D eigenvalue weighted by Crippen LogP contribution is 2.39. The standard InChI is InChI=1S/C19H20N2O4/c1-24-15-5-3-13(4-6-15)11-21-12-14(8-10-22)17-16(19(23)25-2)7-9-20-18(17)21/h3-7,9-10,12,17-18H,8,11H2,1-2H3. The Balaban J connectivity index is 1.86. The van der Waals surface area contributed by atoms with E-state index in [-0.39, 0.29) is 24.5 Å². The van der Waals surface area contributed by atoms with E-state index in [1.54, 1.807) is 19.4 Å². The number of hydrogen-bond donors (Lipinski definition) is 0. The zero-order valence-corrected chi connectivity index (χ0v) is 14.2. The lowest BCUT2D eigenvalue weighted by Gasteiger charge is -2.29. The summed E-state index contributed by atoms with van der Waals surface area (Å²) in [4.78, 5) is 29.7. The molecule has 0 saturated heterocycles. The van der Waals surface area contributed by atoms with Crippen LogP contribution in [0.5, 0.6) is 5.75 Å². The summed E-state index contributed by atoms with van der Waals surface area (Å²) in [5.74, 6) is 0.164. The number of hydrogen-bond acceptors (Lipinski definition) is 6. The molecule has 2 aliphatic rings. The molecule has 2 atom stereocenters. The van der Waals surface area contributed by atoms with Crippen molar-refractivity contribution in [3.63, 3.8) is 0 Å². The minimum Gasteiger partial charge on any atom is -0.497 e. The SMILES string of the molecule is COC(=O)C1=CC=NC2C1C(CC=O)=CN2Cc1ccc(OC)cc1. The van der Waals surface area contributed by atoms with Gasteiger partial charge in [-0.05, 0) is 29.3 Å². The average molecular weight is 340 g/mol. The van der Waals surface area contributed by atoms with Gasteiger partial charge in [0.1, 0.15) is 18.2 Å². The van der Waals surface area contributed by atoms with Gasteiger partial charge in [-0.25, -0.2) is 4.79 Å². The number of fused-ring (bicyclic) bond motifs is 1. The van der Waals surface area contributed by atoms with E-state index in [0.29, 0.717) is 12.1 Å². The highest BCUT2D eigenvalue weighted by molar-refractivity contribution is 5.96. The van der Waals surface area contributed by atoms with Gasteiger partial charge in [0, 0.05) is 31.0 Å². The molecule has 1 aromatic rings. The van der Waals surface area contributed by atoms with Gasteiger partial charge in [0.15, 0.2) is 0 Å². The third-order valence-electron chi connectivity index (χ3n) is 4.46. The molecule has 0 bridgehead atoms. The minimum atomic E-state index is -0.385. The minimum absolute atomic E-state index is 0.240. The van der Waals surface area contributed by atoms with Crippen LogP contribution in [0.1, 0.15) is 12.0 Å². The summed E-state index contributed by atoms with van der Waals surface area (Å²) >= 11 is 0. The Bertz CT molecular complexity index is 749. The van der Waals surface area contributed by atoms with Crippen LogP contribution in [0.4, 0.5) is 0 Å². The third-order valence-corrected chi connectivity index (χ3v) is 4.46. The fourth-order valence-electron chi connectivity index (χ4n) is 3.27. The van der Waals surface area contributed by atoms with Crippen molar-refractivity contribution in [1.82, 2.24) is 4.90 Å². The molecule has 0 aromatic heterocycles. The number of methoxy groups -OCH3 is 2. The lowest BCUT2D eigenvalue weighted by molar-refractivity contribution is -0.136. The van der Waals surface area contributed by atoms with E-state index in [4.69, 9.17) is 9.47 Å². The van der Waals surface area contributed by atoms with Crippen molar-refractivity contribution in [3.8, 4) is 5.75 Å². The van der Waals surface area contributed by atoms with Crippen LogP contribution < -0.4 is 4.74 Å². The molecule has 1 aromatic carbocycles. The van der Waals surface area contributed by atoms with Gasteiger partial charge in [0.25, 0.3) is 0 Å². The summed E-state index contributed by atoms with van der Waals surface area (Å²) in [7, 11) is 2.99. The van der Waals surface area contributed by atoms with E-state index < -0.39 is 0 Å². The van der Waals surface area contributed by atoms with Crippen molar-refractivity contribution >= 4 is 18.5 Å². The van der Waals surface area contributed by atoms with Gasteiger partial charge < -0.3 is 19.2 Å². The van der Waals surface area contributed by atoms with Gasteiger partial charge in [-0.2, -0.15) is 0 Å². The van der Waals surface area contributed by atoms with E-state index in [1.807, 2.05) is 30.5 Å². The Morgan fingerprint density at radius 1 is 1.28 bits per heavy atom. The van der Waals surface area contributed by atoms with E-state index in [0.717, 1.165) is 23.2 Å². The first-order valence-electron chi connectivity index (χ1n) is 8.02. The molecule has 0 amide bonds. The lowest BCUT2D eigenvalue weighted by atomic mass is 9.87. The van der Waals surface area contributed by atoms with Gasteiger partial charge in [0.2, 0.25) is 0 Å². The Hall–Kier alpha value is -2.89. The van der Waals surface area contributed by atoms with Gasteiger partial charge in [-0.1, -0.05) is 12.1 Å². The Labute approximate surface area is 146 Å². The number of benzene rings is 1. The Kier molecular flexibility index (Phi) is 4.97. The summed E-state index contributed by atoms with van der Waals surface area (Å²) < 4.78 is 10.1. The fraction of sp³-hybridized carbons (Fsp3) is 0.316. The van der Waals surface area contributed by atoms with Gasteiger partial charge in [-0.3, -0.25) is 4.99 Å². The van der Waals surface area contributed by atoms with Crippen LogP contribution in [0.3, 0.4) is 0 Å². The molecule has 3 rings (SSSR count). The number of carbonyl (C=O) groups is 2. The van der Waals surface area contributed by atoms with Crippen molar-refractivity contribution in [2.75, 3.05) is 14.2 Å². The van der Waals surface area contributed by atoms with E-state index >= 15 is 0 Å². The molecule has 0 fully saturated rings. The third kappa shape index (κ3) is 3.33. The molecule has 2 unspecified atom stereocenters. The number of ether oxygens (including phenoxy) is 2. The van der Waals surface area contributed by atoms with Crippen molar-refractivity contribution in [2.45, 2.75) is 19.1 Å². The van der Waals surface area contributed by atoms with Crippen LogP contribution in [-0.4, -0.2) is 43.8 Å². The molecule has 0 N–H and O–H groups in total. The van der Waals surface area contributed by atoms with Crippen molar-refractivity contribution in [3.05, 3.63) is 53.3 Å². The molecule has 6 nitrogen and oxygen atoms in total. The maximum atomic E-state index is 12.1. The number of esters is 1. The fourth-order valence-corrected chi connectivity index (χ4v) is 3.27. The van der Waals surface area contributed by atoms with Crippen molar-refractivity contribution < 1.29 is 19.1 Å². The lowest BCUT2D eigenvalue weighted by Crippen LogP contribution is -2.35. The summed E-state index contributed by atoms with van der Waals surface area (Å²) in [6.07, 6.45) is 6.12. The molecule has 6 heteroatoms. The van der Waals surface area contributed by atoms with E-state index in [9.17, 15) is 9.59 Å². The molecular weight excluding hydrogens is 320 g/mol. The number of dihydropyridines is 1. The smallest absolute Gasteiger partial charge is 0.334 e. The predicted octanol–water partition coefficient (Wildman–Crippen LogP) is 2.11. The number of aliphatic imine (C=N–C) groups is 1. The predicted molar refractivity (Wildman–Crippen MR) is 93.2 cm³/mol. The van der Waals surface area contributed by atoms with Crippen LogP contribution in [0.15, 0.2) is 52.7 Å². The summed E-state index contributed by atoms with van der Waals surface area (Å²) in [5.41, 5.74) is 2.50. The highest BCUT2D eigenvalue weighted by atomic mass is 16.5. The second kappa shape index (κ2) is 7.34. The zero-order valence-electron chi connectivity index (χ0n) is 14.2. The monoisotopic (exact) mass is 340 g/mol. The van der Waals surface area contributed by atoms with Crippen LogP contribution in [-0.2, 0) is 20.9 Å². The number of rotatable bonds is 6. The van der Waals surface area contributed by atoms with Crippen LogP contribution in [0.25, 0.3) is 0 Å². The van der Waals surface area contributed by atoms with Crippen molar-refractivity contribution in [2.24, 2.45) is 10.9 Å². The molecular formula is C19H20N2O4. The summed E-state index contributed by atoms with van der Waals surface area (Å²) in [6.45, 7) is 0.624. The Morgan fingerprint density at radius 3 is 2.68 bits per heavy atom. The molecule has 25 heavy (non-hydrogen) atoms. The number of allylic oxidation sites excluding steroid dienone is 1. The number of nitrogens with zero attached hydrogens (tertiary/aromatic N) is 2. The Morgan fingerprint density at radius 2 is 2.04 bits per heavy atom. The normalized spacial score (nSPS) is 21.3. The van der Waals surface area contributed by atoms with Gasteiger partial charge in [-0.15, -0.1) is 0 Å². The molecule has 0 saturated carbocycles. The molecule has 2 heterocycles. The maximum Gasteiger partial charge on any atom is 0.334 e. The molecule has 0 radical (unpaired) electrons. The van der Waals surface area contributed by atoms with E-state index in [2.05, 4.69) is 9.89 Å². The van der Waals surface area contributed by atoms with Crippen LogP contribution >= 0.6 is 0 Å². The van der Waals surface area contributed by atoms with Gasteiger partial charge in [0.05, 0.1) is 20.1 Å². The second-order valence-corrected chi connectivity index (χ2v) is 5.90. The van der Waals surface area contributed by atoms with Crippen LogP contribution in [0.2, 0.25) is 0 Å². The van der Waals surface area contributed by atoms with E-state index in [1.165, 1.54) is 7.11 Å². The summed E-state index contributed by atoms with van der Waals surface area (Å²) in [6, 6.07) is 7.79. The first-order valence-corrected chi connectivity index (χ1v) is 8.02. The molecule has 2 aliphatic heterocycles. The maximum absolute atomic E-state index is 12.1. The molecule has 130 valence electrons. The number of aldehydes is 1. The number of carbonyl (C=O) groups excluding carboxylic acids is 2. The van der Waals surface area contributed by atoms with Gasteiger partial charge >= 0.3 is 5.97 Å². The zero-order chi connectivity index (χ0) is 17.8. The highest BCUT2D eigenvalue weighted by Gasteiger charge is 2.40. The second-order valence-electron chi connectivity index (χ2n) is 5.90. The largest absolute Gasteiger partial charge is 0.497 e. The van der Waals surface area contributed by atoms with Crippen molar-refractivity contribution in [1.29, 1.82) is 0 Å². The quantitative estimate of drug-likeness (QED) is 0.586. The topological polar surface area (TPSA) is 68.2 Å². The van der Waals surface area contributed by atoms with Crippen LogP contribution in [0, 0.1) is 5.92 Å². The molecule has 0 spiro atoms. The first kappa shape index (κ1) is 17.0. The summed E-state index contributed by atoms with van der Waals surface area (Å²) in [5, 5.41) is 0. The molecule has 0 aliphatic carbocycles. The average Bonchev–Trinajstić information content (AvgIpc) is 2.99. The first-order chi connectivity index (χ1) is 12.2.